The fraction of sp³-hybridized carbons (Fsp3) is 0.786. The Kier molecular flexibility index (Phi) is 9.75. The molecule has 1 atom stereocenters. The summed E-state index contributed by atoms with van der Waals surface area (Å²) in [7, 11) is 1.25. The van der Waals surface area contributed by atoms with Gasteiger partial charge in [0.05, 0.1) is 13.0 Å². The summed E-state index contributed by atoms with van der Waals surface area (Å²) < 4.78 is 4.60. The van der Waals surface area contributed by atoms with Gasteiger partial charge < -0.3 is 9.84 Å². The van der Waals surface area contributed by atoms with Gasteiger partial charge >= 0.3 is 11.9 Å². The molecule has 0 spiro atoms. The fourth-order valence-corrected chi connectivity index (χ4v) is 1.89. The number of aliphatic carboxylic acids is 1. The molecule has 0 bridgehead atoms. The predicted octanol–water partition coefficient (Wildman–Crippen LogP) is 2.57. The van der Waals surface area contributed by atoms with Crippen LogP contribution in [0.25, 0.3) is 0 Å². The number of carbonyl (C=O) groups is 3. The Hall–Kier alpha value is -1.39. The highest BCUT2D eigenvalue weighted by atomic mass is 16.5. The number of carbonyl (C=O) groups excluding carboxylic acids is 2. The number of ether oxygens (including phenoxy) is 1. The molecule has 110 valence electrons. The van der Waals surface area contributed by atoms with Crippen molar-refractivity contribution in [2.75, 3.05) is 7.11 Å². The van der Waals surface area contributed by atoms with E-state index < -0.39 is 17.9 Å². The Balaban J connectivity index is 4.11. The van der Waals surface area contributed by atoms with Crippen molar-refractivity contribution in [3.63, 3.8) is 0 Å². The van der Waals surface area contributed by atoms with Crippen LogP contribution < -0.4 is 0 Å². The van der Waals surface area contributed by atoms with Crippen LogP contribution in [-0.2, 0) is 19.1 Å². The predicted molar refractivity (Wildman–Crippen MR) is 70.8 cm³/mol. The molecule has 0 unspecified atom stereocenters. The monoisotopic (exact) mass is 272 g/mol. The number of Topliss-reactive ketones (excluding diaryl/α,β-unsaturated/α-hetero) is 1. The van der Waals surface area contributed by atoms with Crippen LogP contribution in [0.1, 0.15) is 58.3 Å². The molecule has 19 heavy (non-hydrogen) atoms. The van der Waals surface area contributed by atoms with Crippen molar-refractivity contribution < 1.29 is 24.2 Å². The average molecular weight is 272 g/mol. The largest absolute Gasteiger partial charge is 0.481 e. The topological polar surface area (TPSA) is 80.7 Å². The second-order valence-corrected chi connectivity index (χ2v) is 4.71. The van der Waals surface area contributed by atoms with Gasteiger partial charge in [-0.15, -0.1) is 0 Å². The summed E-state index contributed by atoms with van der Waals surface area (Å²) in [6.45, 7) is 2.10. The molecule has 0 saturated heterocycles. The molecule has 0 radical (unpaired) electrons. The van der Waals surface area contributed by atoms with E-state index in [1.54, 1.807) is 0 Å². The van der Waals surface area contributed by atoms with Crippen LogP contribution in [0.4, 0.5) is 0 Å². The molecule has 0 aromatic carbocycles. The molecule has 0 aliphatic carbocycles. The molecular weight excluding hydrogens is 248 g/mol. The summed E-state index contributed by atoms with van der Waals surface area (Å²) in [5.41, 5.74) is 0. The minimum Gasteiger partial charge on any atom is -0.481 e. The number of esters is 1. The average Bonchev–Trinajstić information content (AvgIpc) is 2.38. The first-order valence-corrected chi connectivity index (χ1v) is 6.82. The van der Waals surface area contributed by atoms with Crippen molar-refractivity contribution in [2.24, 2.45) is 5.92 Å². The van der Waals surface area contributed by atoms with Gasteiger partial charge in [0.1, 0.15) is 5.78 Å². The quantitative estimate of drug-likeness (QED) is 0.462. The van der Waals surface area contributed by atoms with E-state index in [4.69, 9.17) is 5.11 Å². The van der Waals surface area contributed by atoms with Crippen molar-refractivity contribution in [2.45, 2.75) is 58.3 Å². The highest BCUT2D eigenvalue weighted by Crippen LogP contribution is 2.16. The van der Waals surface area contributed by atoms with Gasteiger partial charge in [0, 0.05) is 19.3 Å². The van der Waals surface area contributed by atoms with Crippen molar-refractivity contribution in [3.8, 4) is 0 Å². The Bertz CT molecular complexity index is 298. The molecule has 0 amide bonds. The minimum atomic E-state index is -0.968. The van der Waals surface area contributed by atoms with Crippen LogP contribution in [0, 0.1) is 5.92 Å². The van der Waals surface area contributed by atoms with Gasteiger partial charge in [-0.1, -0.05) is 26.2 Å². The standard InChI is InChI=1S/C14H24O5/c1-3-4-5-6-7-12(15)10-11(14(18)19-2)8-9-13(16)17/h11H,3-10H2,1-2H3,(H,16,17)/t11-/m0/s1. The second-order valence-electron chi connectivity index (χ2n) is 4.71. The van der Waals surface area contributed by atoms with Crippen molar-refractivity contribution in [1.82, 2.24) is 0 Å². The maximum atomic E-state index is 11.7. The van der Waals surface area contributed by atoms with Gasteiger partial charge in [0.25, 0.3) is 0 Å². The van der Waals surface area contributed by atoms with Gasteiger partial charge in [-0.25, -0.2) is 0 Å². The minimum absolute atomic E-state index is 0.0110. The molecule has 0 aliphatic rings. The molecule has 0 fully saturated rings. The summed E-state index contributed by atoms with van der Waals surface area (Å²) in [4.78, 5) is 33.7. The van der Waals surface area contributed by atoms with E-state index in [0.29, 0.717) is 6.42 Å². The van der Waals surface area contributed by atoms with Crippen LogP contribution in [0.5, 0.6) is 0 Å². The third kappa shape index (κ3) is 9.22. The first-order chi connectivity index (χ1) is 9.01. The molecule has 0 aromatic rings. The summed E-state index contributed by atoms with van der Waals surface area (Å²) in [5.74, 6) is -2.08. The first kappa shape index (κ1) is 17.6. The number of ketones is 1. The number of rotatable bonds is 11. The van der Waals surface area contributed by atoms with Gasteiger partial charge in [0.2, 0.25) is 0 Å². The number of hydrogen-bond acceptors (Lipinski definition) is 4. The number of carboxylic acid groups (broad SMARTS) is 1. The van der Waals surface area contributed by atoms with Crippen molar-refractivity contribution in [3.05, 3.63) is 0 Å². The third-order valence-corrected chi connectivity index (χ3v) is 3.02. The van der Waals surface area contributed by atoms with Gasteiger partial charge in [-0.05, 0) is 12.8 Å². The van der Waals surface area contributed by atoms with Gasteiger partial charge in [-0.3, -0.25) is 14.4 Å². The zero-order chi connectivity index (χ0) is 14.7. The van der Waals surface area contributed by atoms with Gasteiger partial charge in [0.15, 0.2) is 0 Å². The Morgan fingerprint density at radius 3 is 2.32 bits per heavy atom. The zero-order valence-electron chi connectivity index (χ0n) is 11.8. The number of hydrogen-bond donors (Lipinski definition) is 1. The lowest BCUT2D eigenvalue weighted by molar-refractivity contribution is -0.148. The normalized spacial score (nSPS) is 11.9. The zero-order valence-corrected chi connectivity index (χ0v) is 11.8. The van der Waals surface area contributed by atoms with E-state index in [0.717, 1.165) is 25.7 Å². The van der Waals surface area contributed by atoms with Crippen LogP contribution >= 0.6 is 0 Å². The number of carboxylic acids is 1. The lowest BCUT2D eigenvalue weighted by atomic mass is 9.95. The number of methoxy groups -OCH3 is 1. The van der Waals surface area contributed by atoms with Crippen LogP contribution in [0.2, 0.25) is 0 Å². The molecule has 0 heterocycles. The van der Waals surface area contributed by atoms with Crippen LogP contribution in [-0.4, -0.2) is 29.9 Å². The molecule has 5 heteroatoms. The summed E-state index contributed by atoms with van der Waals surface area (Å²) in [6, 6.07) is 0. The molecule has 0 saturated carbocycles. The van der Waals surface area contributed by atoms with E-state index in [1.807, 2.05) is 0 Å². The Labute approximate surface area is 114 Å². The molecule has 0 rings (SSSR count). The first-order valence-electron chi connectivity index (χ1n) is 6.82. The summed E-state index contributed by atoms with van der Waals surface area (Å²) >= 11 is 0. The SMILES string of the molecule is CCCCCCC(=O)C[C@H](CCC(=O)O)C(=O)OC. The Morgan fingerprint density at radius 2 is 1.79 bits per heavy atom. The smallest absolute Gasteiger partial charge is 0.309 e. The molecule has 0 aromatic heterocycles. The maximum absolute atomic E-state index is 11.7. The van der Waals surface area contributed by atoms with E-state index in [-0.39, 0.29) is 25.0 Å². The molecule has 1 N–H and O–H groups in total. The second kappa shape index (κ2) is 10.5. The van der Waals surface area contributed by atoms with Crippen molar-refractivity contribution in [1.29, 1.82) is 0 Å². The number of unbranched alkanes of at least 4 members (excludes halogenated alkanes) is 3. The summed E-state index contributed by atoms with van der Waals surface area (Å²) in [5, 5.41) is 8.61. The van der Waals surface area contributed by atoms with E-state index in [2.05, 4.69) is 11.7 Å². The van der Waals surface area contributed by atoms with Crippen molar-refractivity contribution >= 4 is 17.7 Å². The molecule has 5 nitrogen and oxygen atoms in total. The van der Waals surface area contributed by atoms with Crippen LogP contribution in [0.3, 0.4) is 0 Å². The van der Waals surface area contributed by atoms with E-state index in [1.165, 1.54) is 7.11 Å². The van der Waals surface area contributed by atoms with E-state index in [9.17, 15) is 14.4 Å². The van der Waals surface area contributed by atoms with Crippen LogP contribution in [0.15, 0.2) is 0 Å². The molecule has 0 aliphatic heterocycles. The lowest BCUT2D eigenvalue weighted by Gasteiger charge is -2.12. The Morgan fingerprint density at radius 1 is 1.11 bits per heavy atom. The third-order valence-electron chi connectivity index (χ3n) is 3.02. The fourth-order valence-electron chi connectivity index (χ4n) is 1.89. The summed E-state index contributed by atoms with van der Waals surface area (Å²) in [6.07, 6.45) is 4.64. The van der Waals surface area contributed by atoms with E-state index >= 15 is 0 Å². The van der Waals surface area contributed by atoms with Gasteiger partial charge in [-0.2, -0.15) is 0 Å². The highest BCUT2D eigenvalue weighted by molar-refractivity contribution is 5.84. The molecular formula is C14H24O5. The maximum Gasteiger partial charge on any atom is 0.309 e. The lowest BCUT2D eigenvalue weighted by Crippen LogP contribution is -2.21. The highest BCUT2D eigenvalue weighted by Gasteiger charge is 2.23.